The van der Waals surface area contributed by atoms with Crippen LogP contribution in [0.2, 0.25) is 0 Å². The molecule has 0 rings (SSSR count). The van der Waals surface area contributed by atoms with E-state index in [-0.39, 0.29) is 5.91 Å². The Morgan fingerprint density at radius 3 is 2.23 bits per heavy atom. The maximum Gasteiger partial charge on any atom is 0.244 e. The molecule has 0 radical (unpaired) electrons. The van der Waals surface area contributed by atoms with Crippen LogP contribution in [0.3, 0.4) is 0 Å². The number of hydrogen-bond donors (Lipinski definition) is 1. The molecule has 0 saturated carbocycles. The van der Waals surface area contributed by atoms with Crippen molar-refractivity contribution in [3.63, 3.8) is 0 Å². The summed E-state index contributed by atoms with van der Waals surface area (Å²) in [5.74, 6) is -0.270. The van der Waals surface area contributed by atoms with Crippen LogP contribution in [0.25, 0.3) is 0 Å². The molecule has 2 N–H and O–H groups in total. The minimum Gasteiger partial charge on any atom is -0.366 e. The highest BCUT2D eigenvalue weighted by Gasteiger charge is 2.04. The lowest BCUT2D eigenvalue weighted by Gasteiger charge is -2.07. The second-order valence-electron chi connectivity index (χ2n) is 3.40. The van der Waals surface area contributed by atoms with Crippen LogP contribution < -0.4 is 5.73 Å². The van der Waals surface area contributed by atoms with Crippen molar-refractivity contribution in [2.45, 2.75) is 52.9 Å². The van der Waals surface area contributed by atoms with Crippen molar-refractivity contribution in [1.29, 1.82) is 0 Å². The number of rotatable bonds is 6. The molecule has 0 aliphatic heterocycles. The molecule has 0 aromatic carbocycles. The lowest BCUT2D eigenvalue weighted by Crippen LogP contribution is -2.13. The fourth-order valence-corrected chi connectivity index (χ4v) is 1.39. The van der Waals surface area contributed by atoms with Crippen molar-refractivity contribution in [1.82, 2.24) is 0 Å². The lowest BCUT2D eigenvalue weighted by molar-refractivity contribution is -0.114. The number of amides is 1. The van der Waals surface area contributed by atoms with Crippen LogP contribution in [0.4, 0.5) is 0 Å². The fourth-order valence-electron chi connectivity index (χ4n) is 1.39. The predicted octanol–water partition coefficient (Wildman–Crippen LogP) is 2.78. The average Bonchev–Trinajstić information content (AvgIpc) is 2.11. The summed E-state index contributed by atoms with van der Waals surface area (Å²) < 4.78 is 0. The molecule has 0 saturated heterocycles. The first-order chi connectivity index (χ1) is 6.13. The van der Waals surface area contributed by atoms with Crippen LogP contribution in [0, 0.1) is 0 Å². The highest BCUT2D eigenvalue weighted by Crippen LogP contribution is 2.16. The van der Waals surface area contributed by atoms with Crippen LogP contribution in [-0.2, 0) is 4.79 Å². The van der Waals surface area contributed by atoms with E-state index in [1.54, 1.807) is 0 Å². The summed E-state index contributed by atoms with van der Waals surface area (Å²) in [6.45, 7) is 6.08. The number of allylic oxidation sites excluding steroid dienone is 1. The van der Waals surface area contributed by atoms with Gasteiger partial charge < -0.3 is 5.73 Å². The van der Waals surface area contributed by atoms with E-state index in [0.29, 0.717) is 0 Å². The summed E-state index contributed by atoms with van der Waals surface area (Å²) in [4.78, 5) is 10.9. The van der Waals surface area contributed by atoms with Crippen molar-refractivity contribution in [2.24, 2.45) is 5.73 Å². The molecule has 0 unspecified atom stereocenters. The Balaban J connectivity index is 4.15. The van der Waals surface area contributed by atoms with Crippen LogP contribution in [0.5, 0.6) is 0 Å². The van der Waals surface area contributed by atoms with E-state index in [1.165, 1.54) is 24.8 Å². The molecule has 2 nitrogen and oxygen atoms in total. The maximum atomic E-state index is 10.9. The first kappa shape index (κ1) is 12.2. The maximum absolute atomic E-state index is 10.9. The second-order valence-corrected chi connectivity index (χ2v) is 3.40. The molecule has 13 heavy (non-hydrogen) atoms. The third-order valence-corrected chi connectivity index (χ3v) is 2.41. The quantitative estimate of drug-likeness (QED) is 0.499. The van der Waals surface area contributed by atoms with Gasteiger partial charge in [0, 0.05) is 5.57 Å². The third kappa shape index (κ3) is 4.71. The van der Waals surface area contributed by atoms with Crippen molar-refractivity contribution in [2.75, 3.05) is 0 Å². The Morgan fingerprint density at radius 2 is 1.85 bits per heavy atom. The highest BCUT2D eigenvalue weighted by atomic mass is 16.1. The largest absolute Gasteiger partial charge is 0.366 e. The van der Waals surface area contributed by atoms with Gasteiger partial charge in [-0.3, -0.25) is 4.79 Å². The Kier molecular flexibility index (Phi) is 6.29. The predicted molar refractivity (Wildman–Crippen MR) is 56.3 cm³/mol. The van der Waals surface area contributed by atoms with E-state index in [1.807, 2.05) is 6.92 Å². The minimum absolute atomic E-state index is 0.270. The van der Waals surface area contributed by atoms with Crippen molar-refractivity contribution >= 4 is 5.91 Å². The number of carbonyl (C=O) groups is 1. The molecule has 0 spiro atoms. The number of carbonyl (C=O) groups excluding carboxylic acids is 1. The van der Waals surface area contributed by atoms with Crippen LogP contribution in [-0.4, -0.2) is 5.91 Å². The van der Waals surface area contributed by atoms with Gasteiger partial charge in [0.25, 0.3) is 0 Å². The Bertz CT molecular complexity index is 194. The van der Waals surface area contributed by atoms with E-state index in [4.69, 9.17) is 5.73 Å². The molecule has 0 fully saturated rings. The molecule has 76 valence electrons. The van der Waals surface area contributed by atoms with Crippen molar-refractivity contribution < 1.29 is 4.79 Å². The van der Waals surface area contributed by atoms with Crippen LogP contribution in [0.1, 0.15) is 52.9 Å². The molecular formula is C11H21NO. The monoisotopic (exact) mass is 183 g/mol. The van der Waals surface area contributed by atoms with Gasteiger partial charge in [-0.2, -0.15) is 0 Å². The summed E-state index contributed by atoms with van der Waals surface area (Å²) in [5.41, 5.74) is 7.21. The Labute approximate surface area is 81.2 Å². The number of hydrogen-bond acceptors (Lipinski definition) is 1. The van der Waals surface area contributed by atoms with Gasteiger partial charge in [-0.15, -0.1) is 0 Å². The van der Waals surface area contributed by atoms with Crippen molar-refractivity contribution in [3.05, 3.63) is 11.1 Å². The first-order valence-electron chi connectivity index (χ1n) is 5.11. The number of nitrogens with two attached hydrogens (primary N) is 1. The molecular weight excluding hydrogens is 162 g/mol. The SMILES string of the molecule is CCCCCC(CC)=C(C)C(N)=O. The van der Waals surface area contributed by atoms with Gasteiger partial charge in [-0.1, -0.05) is 32.3 Å². The molecule has 0 aromatic heterocycles. The van der Waals surface area contributed by atoms with E-state index < -0.39 is 0 Å². The van der Waals surface area contributed by atoms with Crippen LogP contribution in [0.15, 0.2) is 11.1 Å². The van der Waals surface area contributed by atoms with Gasteiger partial charge in [0.05, 0.1) is 0 Å². The zero-order valence-electron chi connectivity index (χ0n) is 9.02. The Morgan fingerprint density at radius 1 is 1.23 bits per heavy atom. The molecule has 0 bridgehead atoms. The van der Waals surface area contributed by atoms with Gasteiger partial charge >= 0.3 is 0 Å². The van der Waals surface area contributed by atoms with Gasteiger partial charge in [-0.25, -0.2) is 0 Å². The van der Waals surface area contributed by atoms with Gasteiger partial charge in [0.1, 0.15) is 0 Å². The zero-order chi connectivity index (χ0) is 10.3. The van der Waals surface area contributed by atoms with E-state index in [2.05, 4.69) is 13.8 Å². The Hall–Kier alpha value is -0.790. The van der Waals surface area contributed by atoms with Gasteiger partial charge in [0.2, 0.25) is 5.91 Å². The topological polar surface area (TPSA) is 43.1 Å². The standard InChI is InChI=1S/C11H21NO/c1-4-6-7-8-10(5-2)9(3)11(12)13/h4-8H2,1-3H3,(H2,12,13). The van der Waals surface area contributed by atoms with Gasteiger partial charge in [0.15, 0.2) is 0 Å². The van der Waals surface area contributed by atoms with E-state index in [9.17, 15) is 4.79 Å². The average molecular weight is 183 g/mol. The number of unbranched alkanes of at least 4 members (excludes halogenated alkanes) is 2. The van der Waals surface area contributed by atoms with E-state index in [0.717, 1.165) is 18.4 Å². The molecule has 2 heteroatoms. The molecule has 0 aromatic rings. The minimum atomic E-state index is -0.270. The van der Waals surface area contributed by atoms with Gasteiger partial charge in [-0.05, 0) is 26.2 Å². The fraction of sp³-hybridized carbons (Fsp3) is 0.727. The smallest absolute Gasteiger partial charge is 0.244 e. The summed E-state index contributed by atoms with van der Waals surface area (Å²) in [6.07, 6.45) is 5.59. The molecule has 1 amide bonds. The molecule has 0 aliphatic carbocycles. The molecule has 0 atom stereocenters. The second kappa shape index (κ2) is 6.70. The lowest BCUT2D eigenvalue weighted by atomic mass is 10.00. The summed E-state index contributed by atoms with van der Waals surface area (Å²) in [7, 11) is 0. The summed E-state index contributed by atoms with van der Waals surface area (Å²) in [6, 6.07) is 0. The normalized spacial score (nSPS) is 12.5. The van der Waals surface area contributed by atoms with Crippen molar-refractivity contribution in [3.8, 4) is 0 Å². The zero-order valence-corrected chi connectivity index (χ0v) is 9.02. The third-order valence-electron chi connectivity index (χ3n) is 2.41. The van der Waals surface area contributed by atoms with E-state index >= 15 is 0 Å². The summed E-state index contributed by atoms with van der Waals surface area (Å²) >= 11 is 0. The summed E-state index contributed by atoms with van der Waals surface area (Å²) in [5, 5.41) is 0. The first-order valence-corrected chi connectivity index (χ1v) is 5.11. The number of primary amides is 1. The van der Waals surface area contributed by atoms with Crippen LogP contribution >= 0.6 is 0 Å². The molecule has 0 aliphatic rings. The molecule has 0 heterocycles. The highest BCUT2D eigenvalue weighted by molar-refractivity contribution is 5.92.